The van der Waals surface area contributed by atoms with Crippen molar-refractivity contribution < 1.29 is 4.74 Å². The van der Waals surface area contributed by atoms with Gasteiger partial charge in [0.2, 0.25) is 0 Å². The lowest BCUT2D eigenvalue weighted by molar-refractivity contribution is 0.121. The molecular weight excluding hydrogens is 248 g/mol. The number of rotatable bonds is 8. The molecule has 2 N–H and O–H groups in total. The van der Waals surface area contributed by atoms with E-state index in [1.807, 2.05) is 0 Å². The Balaban J connectivity index is 1.20. The molecule has 0 aromatic carbocycles. The Bertz CT molecular complexity index is 280. The summed E-state index contributed by atoms with van der Waals surface area (Å²) in [4.78, 5) is 0. The molecule has 0 aromatic heterocycles. The van der Waals surface area contributed by atoms with Crippen molar-refractivity contribution in [2.45, 2.75) is 69.9 Å². The number of fused-ring (bicyclic) bond motifs is 1. The van der Waals surface area contributed by atoms with Crippen LogP contribution in [0, 0.1) is 11.8 Å². The molecule has 116 valence electrons. The van der Waals surface area contributed by atoms with Gasteiger partial charge in [-0.15, -0.1) is 0 Å². The Morgan fingerprint density at radius 1 is 1.00 bits per heavy atom. The van der Waals surface area contributed by atoms with Crippen molar-refractivity contribution in [3.63, 3.8) is 0 Å². The summed E-state index contributed by atoms with van der Waals surface area (Å²) >= 11 is 0. The molecule has 0 radical (unpaired) electrons. The Hall–Kier alpha value is -0.120. The summed E-state index contributed by atoms with van der Waals surface area (Å²) < 4.78 is 5.66. The van der Waals surface area contributed by atoms with Crippen LogP contribution in [0.1, 0.15) is 57.8 Å². The van der Waals surface area contributed by atoms with E-state index >= 15 is 0 Å². The Morgan fingerprint density at radius 3 is 2.80 bits per heavy atom. The van der Waals surface area contributed by atoms with Crippen LogP contribution in [0.2, 0.25) is 0 Å². The minimum absolute atomic E-state index is 0.710. The molecule has 3 unspecified atom stereocenters. The van der Waals surface area contributed by atoms with Gasteiger partial charge in [-0.3, -0.25) is 0 Å². The number of nitrogens with one attached hydrogen (secondary N) is 2. The summed E-state index contributed by atoms with van der Waals surface area (Å²) in [7, 11) is 0. The highest BCUT2D eigenvalue weighted by molar-refractivity contribution is 4.89. The molecule has 0 amide bonds. The van der Waals surface area contributed by atoms with Crippen molar-refractivity contribution in [3.05, 3.63) is 0 Å². The second-order valence-electron chi connectivity index (χ2n) is 7.17. The summed E-state index contributed by atoms with van der Waals surface area (Å²) in [6.07, 6.45) is 12.6. The molecular formula is C17H32N2O. The first kappa shape index (κ1) is 14.8. The predicted octanol–water partition coefficient (Wildman–Crippen LogP) is 2.70. The summed E-state index contributed by atoms with van der Waals surface area (Å²) in [5, 5.41) is 7.50. The minimum Gasteiger partial charge on any atom is -0.381 e. The van der Waals surface area contributed by atoms with E-state index in [4.69, 9.17) is 4.74 Å². The molecule has 0 spiro atoms. The van der Waals surface area contributed by atoms with Crippen LogP contribution in [0.3, 0.4) is 0 Å². The number of hydrogen-bond acceptors (Lipinski definition) is 3. The lowest BCUT2D eigenvalue weighted by Gasteiger charge is -2.40. The minimum atomic E-state index is 0.710. The summed E-state index contributed by atoms with van der Waals surface area (Å²) in [6, 6.07) is 1.54. The maximum absolute atomic E-state index is 5.66. The average Bonchev–Trinajstić information content (AvgIpc) is 3.30. The third-order valence-electron chi connectivity index (χ3n) is 5.33. The van der Waals surface area contributed by atoms with Gasteiger partial charge in [0.05, 0.1) is 0 Å². The van der Waals surface area contributed by atoms with Crippen LogP contribution in [0.5, 0.6) is 0 Å². The zero-order chi connectivity index (χ0) is 13.6. The van der Waals surface area contributed by atoms with Gasteiger partial charge in [-0.05, 0) is 63.3 Å². The highest BCUT2D eigenvalue weighted by Gasteiger charge is 2.31. The monoisotopic (exact) mass is 280 g/mol. The highest BCUT2D eigenvalue weighted by atomic mass is 16.5. The zero-order valence-electron chi connectivity index (χ0n) is 12.9. The fourth-order valence-corrected chi connectivity index (χ4v) is 3.84. The quantitative estimate of drug-likeness (QED) is 0.671. The van der Waals surface area contributed by atoms with Crippen molar-refractivity contribution in [1.82, 2.24) is 10.6 Å². The number of hydrogen-bond donors (Lipinski definition) is 2. The molecule has 1 heterocycles. The third-order valence-corrected chi connectivity index (χ3v) is 5.33. The first-order chi connectivity index (χ1) is 9.92. The lowest BCUT2D eigenvalue weighted by Crippen LogP contribution is -2.52. The third kappa shape index (κ3) is 4.71. The molecule has 3 nitrogen and oxygen atoms in total. The largest absolute Gasteiger partial charge is 0.381 e. The first-order valence-corrected chi connectivity index (χ1v) is 8.96. The van der Waals surface area contributed by atoms with Crippen molar-refractivity contribution >= 4 is 0 Å². The van der Waals surface area contributed by atoms with E-state index in [0.717, 1.165) is 50.6 Å². The molecule has 3 atom stereocenters. The molecule has 3 fully saturated rings. The van der Waals surface area contributed by atoms with Gasteiger partial charge in [-0.1, -0.05) is 12.8 Å². The number of piperidine rings is 1. The maximum Gasteiger partial charge on any atom is 0.0494 e. The van der Waals surface area contributed by atoms with Crippen LogP contribution in [0.4, 0.5) is 0 Å². The molecule has 2 aliphatic carbocycles. The lowest BCUT2D eigenvalue weighted by atomic mass is 9.78. The zero-order valence-corrected chi connectivity index (χ0v) is 12.9. The van der Waals surface area contributed by atoms with Gasteiger partial charge < -0.3 is 15.4 Å². The fraction of sp³-hybridized carbons (Fsp3) is 1.00. The number of ether oxygens (including phenoxy) is 1. The molecule has 0 bridgehead atoms. The van der Waals surface area contributed by atoms with E-state index in [0.29, 0.717) is 6.04 Å². The first-order valence-electron chi connectivity index (χ1n) is 8.96. The molecule has 2 saturated carbocycles. The van der Waals surface area contributed by atoms with E-state index in [9.17, 15) is 0 Å². The molecule has 3 heteroatoms. The van der Waals surface area contributed by atoms with Gasteiger partial charge in [-0.25, -0.2) is 0 Å². The predicted molar refractivity (Wildman–Crippen MR) is 82.9 cm³/mol. The summed E-state index contributed by atoms with van der Waals surface area (Å²) in [5.74, 6) is 1.88. The smallest absolute Gasteiger partial charge is 0.0494 e. The Labute approximate surface area is 124 Å². The molecule has 0 aromatic rings. The standard InChI is InChI=1S/C17H32N2O/c1-2-5-17-15(4-1)8-9-16(19-17)12-18-10-3-11-20-13-14-6-7-14/h14-19H,1-13H2. The molecule has 3 rings (SSSR count). The second-order valence-corrected chi connectivity index (χ2v) is 7.17. The molecule has 1 saturated heterocycles. The van der Waals surface area contributed by atoms with Gasteiger partial charge in [0.25, 0.3) is 0 Å². The van der Waals surface area contributed by atoms with Crippen molar-refractivity contribution in [3.8, 4) is 0 Å². The van der Waals surface area contributed by atoms with E-state index in [-0.39, 0.29) is 0 Å². The van der Waals surface area contributed by atoms with Crippen LogP contribution in [-0.4, -0.2) is 38.4 Å². The second kappa shape index (κ2) is 7.77. The van der Waals surface area contributed by atoms with Gasteiger partial charge in [0, 0.05) is 31.8 Å². The Morgan fingerprint density at radius 2 is 1.90 bits per heavy atom. The fourth-order valence-electron chi connectivity index (χ4n) is 3.84. The Kier molecular flexibility index (Phi) is 5.75. The van der Waals surface area contributed by atoms with Gasteiger partial charge >= 0.3 is 0 Å². The van der Waals surface area contributed by atoms with Crippen molar-refractivity contribution in [2.75, 3.05) is 26.3 Å². The van der Waals surface area contributed by atoms with Crippen molar-refractivity contribution in [2.24, 2.45) is 11.8 Å². The van der Waals surface area contributed by atoms with Gasteiger partial charge in [0.15, 0.2) is 0 Å². The van der Waals surface area contributed by atoms with Gasteiger partial charge in [-0.2, -0.15) is 0 Å². The molecule has 1 aliphatic heterocycles. The van der Waals surface area contributed by atoms with E-state index in [2.05, 4.69) is 10.6 Å². The molecule has 3 aliphatic rings. The summed E-state index contributed by atoms with van der Waals surface area (Å²) in [5.41, 5.74) is 0. The van der Waals surface area contributed by atoms with E-state index in [1.54, 1.807) is 0 Å². The summed E-state index contributed by atoms with van der Waals surface area (Å²) in [6.45, 7) is 4.20. The van der Waals surface area contributed by atoms with Crippen LogP contribution in [-0.2, 0) is 4.74 Å². The van der Waals surface area contributed by atoms with Gasteiger partial charge in [0.1, 0.15) is 0 Å². The van der Waals surface area contributed by atoms with Crippen LogP contribution < -0.4 is 10.6 Å². The maximum atomic E-state index is 5.66. The van der Waals surface area contributed by atoms with E-state index < -0.39 is 0 Å². The average molecular weight is 280 g/mol. The van der Waals surface area contributed by atoms with Crippen LogP contribution in [0.15, 0.2) is 0 Å². The van der Waals surface area contributed by atoms with Crippen LogP contribution in [0.25, 0.3) is 0 Å². The SMILES string of the molecule is C(CNCC1CCC2CCCCC2N1)COCC1CC1. The van der Waals surface area contributed by atoms with Crippen molar-refractivity contribution in [1.29, 1.82) is 0 Å². The van der Waals surface area contributed by atoms with Crippen LogP contribution >= 0.6 is 0 Å². The molecule has 20 heavy (non-hydrogen) atoms. The highest BCUT2D eigenvalue weighted by Crippen LogP contribution is 2.32. The topological polar surface area (TPSA) is 33.3 Å². The van der Waals surface area contributed by atoms with E-state index in [1.165, 1.54) is 51.4 Å². The normalized spacial score (nSPS) is 33.9.